The third-order valence-electron chi connectivity index (χ3n) is 2.68. The summed E-state index contributed by atoms with van der Waals surface area (Å²) in [4.78, 5) is 17.1. The molecule has 0 saturated carbocycles. The summed E-state index contributed by atoms with van der Waals surface area (Å²) in [6.07, 6.45) is 1.74. The van der Waals surface area contributed by atoms with E-state index in [1.807, 2.05) is 37.1 Å². The van der Waals surface area contributed by atoms with Gasteiger partial charge in [-0.05, 0) is 25.1 Å². The molecule has 17 heavy (non-hydrogen) atoms. The smallest absolute Gasteiger partial charge is 0.236 e. The molecule has 0 spiro atoms. The number of aryl methyl sites for hydroxylation is 1. The van der Waals surface area contributed by atoms with Crippen molar-refractivity contribution in [2.75, 3.05) is 18.5 Å². The van der Waals surface area contributed by atoms with Crippen LogP contribution in [0.15, 0.2) is 30.5 Å². The van der Waals surface area contributed by atoms with Gasteiger partial charge in [0.15, 0.2) is 0 Å². The SMILES string of the molecule is Cc1ccc2nccc(N(C)CC(N)=O)c2c1. The van der Waals surface area contributed by atoms with Crippen LogP contribution < -0.4 is 10.6 Å². The Hall–Kier alpha value is -2.10. The van der Waals surface area contributed by atoms with Gasteiger partial charge < -0.3 is 10.6 Å². The summed E-state index contributed by atoms with van der Waals surface area (Å²) in [5.41, 5.74) is 8.27. The first kappa shape index (κ1) is 11.4. The molecule has 88 valence electrons. The lowest BCUT2D eigenvalue weighted by Gasteiger charge is -2.19. The molecule has 2 N–H and O–H groups in total. The van der Waals surface area contributed by atoms with Crippen LogP contribution in [0.3, 0.4) is 0 Å². The Labute approximate surface area is 100 Å². The molecule has 0 atom stereocenters. The Balaban J connectivity index is 2.52. The minimum atomic E-state index is -0.342. The number of amides is 1. The van der Waals surface area contributed by atoms with Gasteiger partial charge in [-0.3, -0.25) is 9.78 Å². The standard InChI is InChI=1S/C13H15N3O/c1-9-3-4-11-10(7-9)12(5-6-15-11)16(2)8-13(14)17/h3-7H,8H2,1-2H3,(H2,14,17). The Morgan fingerprint density at radius 3 is 2.88 bits per heavy atom. The molecule has 0 aliphatic heterocycles. The lowest BCUT2D eigenvalue weighted by Crippen LogP contribution is -2.30. The molecule has 0 aliphatic rings. The van der Waals surface area contributed by atoms with Crippen molar-refractivity contribution in [3.8, 4) is 0 Å². The van der Waals surface area contributed by atoms with Crippen molar-refractivity contribution in [3.05, 3.63) is 36.0 Å². The molecule has 0 fully saturated rings. The van der Waals surface area contributed by atoms with Crippen molar-refractivity contribution in [3.63, 3.8) is 0 Å². The minimum absolute atomic E-state index is 0.201. The second-order valence-corrected chi connectivity index (χ2v) is 4.17. The molecular formula is C13H15N3O. The predicted molar refractivity (Wildman–Crippen MR) is 68.9 cm³/mol. The fourth-order valence-electron chi connectivity index (χ4n) is 1.90. The number of nitrogens with two attached hydrogens (primary N) is 1. The van der Waals surface area contributed by atoms with E-state index in [1.165, 1.54) is 5.56 Å². The molecular weight excluding hydrogens is 214 g/mol. The normalized spacial score (nSPS) is 10.5. The molecule has 1 heterocycles. The van der Waals surface area contributed by atoms with Gasteiger partial charge in [-0.2, -0.15) is 0 Å². The number of rotatable bonds is 3. The highest BCUT2D eigenvalue weighted by Gasteiger charge is 2.08. The summed E-state index contributed by atoms with van der Waals surface area (Å²) in [6.45, 7) is 2.23. The molecule has 2 aromatic rings. The second kappa shape index (κ2) is 4.41. The molecule has 4 heteroatoms. The first-order valence-electron chi connectivity index (χ1n) is 5.43. The highest BCUT2D eigenvalue weighted by Crippen LogP contribution is 2.25. The van der Waals surface area contributed by atoms with Crippen LogP contribution in [0.1, 0.15) is 5.56 Å². The number of likely N-dealkylation sites (N-methyl/N-ethyl adjacent to an activating group) is 1. The van der Waals surface area contributed by atoms with Crippen molar-refractivity contribution in [1.82, 2.24) is 4.98 Å². The topological polar surface area (TPSA) is 59.2 Å². The quantitative estimate of drug-likeness (QED) is 0.867. The minimum Gasteiger partial charge on any atom is -0.368 e. The first-order chi connectivity index (χ1) is 8.08. The maximum atomic E-state index is 11.0. The number of hydrogen-bond acceptors (Lipinski definition) is 3. The highest BCUT2D eigenvalue weighted by molar-refractivity contribution is 5.93. The molecule has 0 radical (unpaired) electrons. The van der Waals surface area contributed by atoms with Crippen molar-refractivity contribution in [2.45, 2.75) is 6.92 Å². The van der Waals surface area contributed by atoms with Crippen LogP contribution in [0.25, 0.3) is 10.9 Å². The van der Waals surface area contributed by atoms with Gasteiger partial charge in [0, 0.05) is 24.3 Å². The third-order valence-corrected chi connectivity index (χ3v) is 2.68. The van der Waals surface area contributed by atoms with Crippen LogP contribution in [0, 0.1) is 6.92 Å². The lowest BCUT2D eigenvalue weighted by atomic mass is 10.1. The number of anilines is 1. The maximum absolute atomic E-state index is 11.0. The van der Waals surface area contributed by atoms with E-state index >= 15 is 0 Å². The van der Waals surface area contributed by atoms with E-state index < -0.39 is 0 Å². The number of hydrogen-bond donors (Lipinski definition) is 1. The lowest BCUT2D eigenvalue weighted by molar-refractivity contribution is -0.116. The van der Waals surface area contributed by atoms with Gasteiger partial charge in [0.05, 0.1) is 12.1 Å². The Morgan fingerprint density at radius 2 is 2.18 bits per heavy atom. The van der Waals surface area contributed by atoms with Crippen LogP contribution in [0.4, 0.5) is 5.69 Å². The Kier molecular flexibility index (Phi) is 2.95. The van der Waals surface area contributed by atoms with Gasteiger partial charge in [-0.15, -0.1) is 0 Å². The zero-order valence-electron chi connectivity index (χ0n) is 9.97. The van der Waals surface area contributed by atoms with E-state index in [9.17, 15) is 4.79 Å². The van der Waals surface area contributed by atoms with E-state index in [0.717, 1.165) is 16.6 Å². The monoisotopic (exact) mass is 229 g/mol. The summed E-state index contributed by atoms with van der Waals surface area (Å²) in [5, 5.41) is 1.04. The fourth-order valence-corrected chi connectivity index (χ4v) is 1.90. The number of carbonyl (C=O) groups is 1. The van der Waals surface area contributed by atoms with Crippen LogP contribution in [-0.4, -0.2) is 24.5 Å². The molecule has 0 aliphatic carbocycles. The fraction of sp³-hybridized carbons (Fsp3) is 0.231. The van der Waals surface area contributed by atoms with Gasteiger partial charge in [0.2, 0.25) is 5.91 Å². The molecule has 0 saturated heterocycles. The molecule has 0 bridgehead atoms. The van der Waals surface area contributed by atoms with E-state index in [2.05, 4.69) is 11.1 Å². The Bertz CT molecular complexity index is 566. The van der Waals surface area contributed by atoms with Gasteiger partial charge in [0.25, 0.3) is 0 Å². The van der Waals surface area contributed by atoms with E-state index in [4.69, 9.17) is 5.73 Å². The van der Waals surface area contributed by atoms with Crippen LogP contribution in [0.2, 0.25) is 0 Å². The van der Waals surface area contributed by atoms with E-state index in [0.29, 0.717) is 0 Å². The summed E-state index contributed by atoms with van der Waals surface area (Å²) in [5.74, 6) is -0.342. The van der Waals surface area contributed by atoms with Crippen LogP contribution >= 0.6 is 0 Å². The van der Waals surface area contributed by atoms with Gasteiger partial charge in [0.1, 0.15) is 0 Å². The molecule has 4 nitrogen and oxygen atoms in total. The highest BCUT2D eigenvalue weighted by atomic mass is 16.1. The van der Waals surface area contributed by atoms with E-state index in [-0.39, 0.29) is 12.5 Å². The van der Waals surface area contributed by atoms with Crippen molar-refractivity contribution in [1.29, 1.82) is 0 Å². The van der Waals surface area contributed by atoms with Crippen LogP contribution in [-0.2, 0) is 4.79 Å². The number of primary amides is 1. The third kappa shape index (κ3) is 2.36. The van der Waals surface area contributed by atoms with Crippen molar-refractivity contribution < 1.29 is 4.79 Å². The zero-order chi connectivity index (χ0) is 12.4. The number of aromatic nitrogens is 1. The largest absolute Gasteiger partial charge is 0.368 e. The number of carbonyl (C=O) groups excluding carboxylic acids is 1. The second-order valence-electron chi connectivity index (χ2n) is 4.17. The maximum Gasteiger partial charge on any atom is 0.236 e. The molecule has 1 aromatic carbocycles. The van der Waals surface area contributed by atoms with Crippen molar-refractivity contribution in [2.24, 2.45) is 5.73 Å². The Morgan fingerprint density at radius 1 is 1.41 bits per heavy atom. The van der Waals surface area contributed by atoms with Gasteiger partial charge >= 0.3 is 0 Å². The molecule has 1 aromatic heterocycles. The van der Waals surface area contributed by atoms with Crippen molar-refractivity contribution >= 4 is 22.5 Å². The number of nitrogens with zero attached hydrogens (tertiary/aromatic N) is 2. The summed E-state index contributed by atoms with van der Waals surface area (Å²) < 4.78 is 0. The number of fused-ring (bicyclic) bond motifs is 1. The number of benzene rings is 1. The summed E-state index contributed by atoms with van der Waals surface area (Å²) >= 11 is 0. The van der Waals surface area contributed by atoms with Crippen LogP contribution in [0.5, 0.6) is 0 Å². The van der Waals surface area contributed by atoms with Gasteiger partial charge in [-0.1, -0.05) is 11.6 Å². The summed E-state index contributed by atoms with van der Waals surface area (Å²) in [6, 6.07) is 7.96. The van der Waals surface area contributed by atoms with Gasteiger partial charge in [-0.25, -0.2) is 0 Å². The average molecular weight is 229 g/mol. The first-order valence-corrected chi connectivity index (χ1v) is 5.43. The molecule has 0 unspecified atom stereocenters. The average Bonchev–Trinajstić information content (AvgIpc) is 2.27. The molecule has 2 rings (SSSR count). The predicted octanol–water partition coefficient (Wildman–Crippen LogP) is 1.46. The number of pyridine rings is 1. The molecule has 1 amide bonds. The summed E-state index contributed by atoms with van der Waals surface area (Å²) in [7, 11) is 1.85. The zero-order valence-corrected chi connectivity index (χ0v) is 9.97. The van der Waals surface area contributed by atoms with E-state index in [1.54, 1.807) is 6.20 Å².